The number of esters is 1. The summed E-state index contributed by atoms with van der Waals surface area (Å²) in [7, 11) is 0. The number of hydrogen-bond donors (Lipinski definition) is 1. The van der Waals surface area contributed by atoms with E-state index >= 15 is 0 Å². The highest BCUT2D eigenvalue weighted by Gasteiger charge is 2.11. The fourth-order valence-corrected chi connectivity index (χ4v) is 2.12. The largest absolute Gasteiger partial charge is 0.462 e. The van der Waals surface area contributed by atoms with E-state index < -0.39 is 0 Å². The zero-order chi connectivity index (χ0) is 14.8. The van der Waals surface area contributed by atoms with Gasteiger partial charge in [-0.2, -0.15) is 5.10 Å². The highest BCUT2D eigenvalue weighted by Crippen LogP contribution is 2.22. The highest BCUT2D eigenvalue weighted by molar-refractivity contribution is 5.91. The molecular formula is C15H14N4O2. The average molecular weight is 282 g/mol. The number of ether oxygens (including phenoxy) is 1. The third-order valence-electron chi connectivity index (χ3n) is 3.08. The third kappa shape index (κ3) is 2.43. The molecule has 0 radical (unpaired) electrons. The van der Waals surface area contributed by atoms with Crippen molar-refractivity contribution in [2.75, 3.05) is 12.3 Å². The quantitative estimate of drug-likeness (QED) is 0.588. The maximum Gasteiger partial charge on any atom is 0.341 e. The summed E-state index contributed by atoms with van der Waals surface area (Å²) in [5.41, 5.74) is 8.44. The Balaban J connectivity index is 2.07. The van der Waals surface area contributed by atoms with E-state index in [1.807, 2.05) is 18.2 Å². The molecule has 0 amide bonds. The van der Waals surface area contributed by atoms with Crippen molar-refractivity contribution < 1.29 is 9.53 Å². The zero-order valence-electron chi connectivity index (χ0n) is 11.5. The molecule has 106 valence electrons. The minimum absolute atomic E-state index is 0.335. The number of fused-ring (bicyclic) bond motifs is 1. The number of carbonyl (C=O) groups excluding carboxylic acids is 1. The van der Waals surface area contributed by atoms with Crippen molar-refractivity contribution >= 4 is 22.6 Å². The number of aromatic nitrogens is 3. The van der Waals surface area contributed by atoms with Gasteiger partial charge in [0, 0.05) is 23.5 Å². The van der Waals surface area contributed by atoms with Gasteiger partial charge in [-0.05, 0) is 31.2 Å². The Kier molecular flexibility index (Phi) is 3.27. The minimum Gasteiger partial charge on any atom is -0.462 e. The summed E-state index contributed by atoms with van der Waals surface area (Å²) in [6, 6.07) is 7.33. The van der Waals surface area contributed by atoms with Crippen LogP contribution in [0.1, 0.15) is 17.3 Å². The average Bonchev–Trinajstić information content (AvgIpc) is 2.96. The van der Waals surface area contributed by atoms with E-state index in [0.29, 0.717) is 17.9 Å². The predicted octanol–water partition coefficient (Wildman–Crippen LogP) is 2.18. The van der Waals surface area contributed by atoms with E-state index in [4.69, 9.17) is 10.5 Å². The summed E-state index contributed by atoms with van der Waals surface area (Å²) < 4.78 is 6.59. The summed E-state index contributed by atoms with van der Waals surface area (Å²) >= 11 is 0. The van der Waals surface area contributed by atoms with Crippen molar-refractivity contribution in [1.82, 2.24) is 14.8 Å². The molecule has 2 N–H and O–H groups in total. The molecule has 0 atom stereocenters. The van der Waals surface area contributed by atoms with Crippen LogP contribution in [-0.2, 0) is 4.74 Å². The van der Waals surface area contributed by atoms with Gasteiger partial charge in [-0.3, -0.25) is 4.98 Å². The molecule has 0 spiro atoms. The van der Waals surface area contributed by atoms with Crippen LogP contribution in [0.4, 0.5) is 5.69 Å². The van der Waals surface area contributed by atoms with Crippen LogP contribution in [0.2, 0.25) is 0 Å². The Morgan fingerprint density at radius 3 is 3.05 bits per heavy atom. The van der Waals surface area contributed by atoms with Crippen LogP contribution < -0.4 is 5.73 Å². The standard InChI is InChI=1S/C15H14N4O2/c1-2-21-15(20)10-8-18-19(9-10)14-5-6-17-13-7-11(16)3-4-12(13)14/h3-9H,2,16H2,1H3. The van der Waals surface area contributed by atoms with Gasteiger partial charge in [0.2, 0.25) is 0 Å². The highest BCUT2D eigenvalue weighted by atomic mass is 16.5. The molecule has 0 fully saturated rings. The maximum absolute atomic E-state index is 11.7. The molecule has 6 nitrogen and oxygen atoms in total. The monoisotopic (exact) mass is 282 g/mol. The Morgan fingerprint density at radius 1 is 1.38 bits per heavy atom. The number of nitrogens with zero attached hydrogens (tertiary/aromatic N) is 3. The molecule has 2 heterocycles. The number of benzene rings is 1. The van der Waals surface area contributed by atoms with E-state index in [1.54, 1.807) is 30.1 Å². The van der Waals surface area contributed by atoms with E-state index in [1.165, 1.54) is 6.20 Å². The van der Waals surface area contributed by atoms with Crippen molar-refractivity contribution in [3.8, 4) is 5.69 Å². The molecule has 0 aliphatic carbocycles. The molecule has 3 rings (SSSR count). The first kappa shape index (κ1) is 13.1. The van der Waals surface area contributed by atoms with E-state index in [9.17, 15) is 4.79 Å². The summed E-state index contributed by atoms with van der Waals surface area (Å²) in [5, 5.41) is 5.13. The third-order valence-corrected chi connectivity index (χ3v) is 3.08. The normalized spacial score (nSPS) is 10.7. The molecule has 0 saturated heterocycles. The lowest BCUT2D eigenvalue weighted by Gasteiger charge is -2.06. The number of anilines is 1. The number of nitrogen functional groups attached to an aromatic ring is 1. The van der Waals surface area contributed by atoms with E-state index in [-0.39, 0.29) is 5.97 Å². The van der Waals surface area contributed by atoms with Crippen LogP contribution in [0.15, 0.2) is 42.9 Å². The number of carbonyl (C=O) groups is 1. The lowest BCUT2D eigenvalue weighted by Crippen LogP contribution is -2.03. The first-order valence-electron chi connectivity index (χ1n) is 6.55. The molecule has 6 heteroatoms. The molecule has 3 aromatic rings. The Bertz CT molecular complexity index is 810. The van der Waals surface area contributed by atoms with Crippen LogP contribution >= 0.6 is 0 Å². The molecule has 0 saturated carbocycles. The van der Waals surface area contributed by atoms with Gasteiger partial charge in [0.15, 0.2) is 0 Å². The van der Waals surface area contributed by atoms with Crippen LogP contribution in [0.5, 0.6) is 0 Å². The molecule has 0 aliphatic heterocycles. The van der Waals surface area contributed by atoms with Crippen LogP contribution in [0.25, 0.3) is 16.6 Å². The smallest absolute Gasteiger partial charge is 0.341 e. The second kappa shape index (κ2) is 5.24. The van der Waals surface area contributed by atoms with Gasteiger partial charge in [0.25, 0.3) is 0 Å². The Morgan fingerprint density at radius 2 is 2.24 bits per heavy atom. The second-order valence-corrected chi connectivity index (χ2v) is 4.50. The summed E-state index contributed by atoms with van der Waals surface area (Å²) in [4.78, 5) is 16.0. The van der Waals surface area contributed by atoms with Gasteiger partial charge in [0.1, 0.15) is 0 Å². The number of hydrogen-bond acceptors (Lipinski definition) is 5. The van der Waals surface area contributed by atoms with Gasteiger partial charge in [-0.15, -0.1) is 0 Å². The maximum atomic E-state index is 11.7. The van der Waals surface area contributed by atoms with Crippen LogP contribution in [0.3, 0.4) is 0 Å². The van der Waals surface area contributed by atoms with Crippen LogP contribution in [0, 0.1) is 0 Å². The van der Waals surface area contributed by atoms with Gasteiger partial charge in [-0.25, -0.2) is 9.48 Å². The first-order chi connectivity index (χ1) is 10.2. The Hall–Kier alpha value is -2.89. The van der Waals surface area contributed by atoms with Gasteiger partial charge < -0.3 is 10.5 Å². The first-order valence-corrected chi connectivity index (χ1v) is 6.55. The van der Waals surface area contributed by atoms with E-state index in [0.717, 1.165) is 16.6 Å². The molecular weight excluding hydrogens is 268 g/mol. The lowest BCUT2D eigenvalue weighted by molar-refractivity contribution is 0.0526. The van der Waals surface area contributed by atoms with Crippen molar-refractivity contribution in [3.05, 3.63) is 48.4 Å². The van der Waals surface area contributed by atoms with Crippen molar-refractivity contribution in [1.29, 1.82) is 0 Å². The summed E-state index contributed by atoms with van der Waals surface area (Å²) in [5.74, 6) is -0.383. The van der Waals surface area contributed by atoms with Crippen molar-refractivity contribution in [3.63, 3.8) is 0 Å². The van der Waals surface area contributed by atoms with Crippen molar-refractivity contribution in [2.24, 2.45) is 0 Å². The molecule has 2 aromatic heterocycles. The fourth-order valence-electron chi connectivity index (χ4n) is 2.12. The fraction of sp³-hybridized carbons (Fsp3) is 0.133. The summed E-state index contributed by atoms with van der Waals surface area (Å²) in [6.07, 6.45) is 4.81. The topological polar surface area (TPSA) is 83.0 Å². The Labute approximate surface area is 121 Å². The SMILES string of the molecule is CCOC(=O)c1cnn(-c2ccnc3cc(N)ccc23)c1. The summed E-state index contributed by atoms with van der Waals surface area (Å²) in [6.45, 7) is 2.10. The number of pyridine rings is 1. The number of nitrogens with two attached hydrogens (primary N) is 1. The molecule has 0 unspecified atom stereocenters. The van der Waals surface area contributed by atoms with Gasteiger partial charge in [-0.1, -0.05) is 0 Å². The van der Waals surface area contributed by atoms with Gasteiger partial charge in [0.05, 0.1) is 29.6 Å². The molecule has 1 aromatic carbocycles. The molecule has 21 heavy (non-hydrogen) atoms. The van der Waals surface area contributed by atoms with Crippen LogP contribution in [-0.4, -0.2) is 27.3 Å². The molecule has 0 bridgehead atoms. The van der Waals surface area contributed by atoms with Crippen molar-refractivity contribution in [2.45, 2.75) is 6.92 Å². The predicted molar refractivity (Wildman–Crippen MR) is 79.2 cm³/mol. The number of rotatable bonds is 3. The lowest BCUT2D eigenvalue weighted by atomic mass is 10.1. The zero-order valence-corrected chi connectivity index (χ0v) is 11.5. The minimum atomic E-state index is -0.383. The molecule has 0 aliphatic rings. The second-order valence-electron chi connectivity index (χ2n) is 4.50. The van der Waals surface area contributed by atoms with E-state index in [2.05, 4.69) is 10.1 Å². The van der Waals surface area contributed by atoms with Gasteiger partial charge >= 0.3 is 5.97 Å².